The maximum Gasteiger partial charge on any atom is 0.293 e. The third-order valence-electron chi connectivity index (χ3n) is 5.31. The van der Waals surface area contributed by atoms with Crippen LogP contribution in [0.15, 0.2) is 77.2 Å². The van der Waals surface area contributed by atoms with E-state index < -0.39 is 11.8 Å². The van der Waals surface area contributed by atoms with Crippen LogP contribution in [0.4, 0.5) is 11.4 Å². The monoisotopic (exact) mass is 458 g/mol. The van der Waals surface area contributed by atoms with Crippen molar-refractivity contribution in [3.05, 3.63) is 84.1 Å². The van der Waals surface area contributed by atoms with E-state index in [0.717, 1.165) is 0 Å². The number of rotatable bonds is 8. The first-order valence-electron chi connectivity index (χ1n) is 10.9. The summed E-state index contributed by atoms with van der Waals surface area (Å²) < 4.78 is 16.6. The van der Waals surface area contributed by atoms with E-state index in [9.17, 15) is 9.59 Å². The van der Waals surface area contributed by atoms with Crippen molar-refractivity contribution in [3.8, 4) is 11.5 Å². The number of methoxy groups -OCH3 is 1. The zero-order valence-corrected chi connectivity index (χ0v) is 19.3. The fourth-order valence-electron chi connectivity index (χ4n) is 3.49. The number of carbonyl (C=O) groups is 2. The second-order valence-corrected chi connectivity index (χ2v) is 8.05. The Kier molecular flexibility index (Phi) is 6.82. The third-order valence-corrected chi connectivity index (χ3v) is 5.31. The molecule has 4 aromatic rings. The van der Waals surface area contributed by atoms with E-state index in [4.69, 9.17) is 13.9 Å². The Morgan fingerprint density at radius 3 is 2.41 bits per heavy atom. The number of para-hydroxylation sites is 1. The molecule has 2 N–H and O–H groups in total. The molecular weight excluding hydrogens is 432 g/mol. The van der Waals surface area contributed by atoms with Crippen molar-refractivity contribution >= 4 is 34.2 Å². The lowest BCUT2D eigenvalue weighted by Gasteiger charge is -2.10. The zero-order valence-electron chi connectivity index (χ0n) is 19.3. The van der Waals surface area contributed by atoms with Crippen molar-refractivity contribution < 1.29 is 23.5 Å². The molecule has 1 aromatic heterocycles. The Morgan fingerprint density at radius 2 is 1.68 bits per heavy atom. The van der Waals surface area contributed by atoms with Crippen LogP contribution in [0.3, 0.4) is 0 Å². The summed E-state index contributed by atoms with van der Waals surface area (Å²) >= 11 is 0. The number of amides is 2. The van der Waals surface area contributed by atoms with E-state index in [2.05, 4.69) is 24.5 Å². The lowest BCUT2D eigenvalue weighted by atomic mass is 10.0. The first kappa shape index (κ1) is 22.9. The topological polar surface area (TPSA) is 89.8 Å². The van der Waals surface area contributed by atoms with Crippen LogP contribution in [0.25, 0.3) is 11.0 Å². The summed E-state index contributed by atoms with van der Waals surface area (Å²) in [5.74, 6) is 0.703. The van der Waals surface area contributed by atoms with Crippen LogP contribution in [0, 0.1) is 0 Å². The molecule has 0 aliphatic carbocycles. The minimum absolute atomic E-state index is 0.00124. The Morgan fingerprint density at radius 1 is 0.912 bits per heavy atom. The highest BCUT2D eigenvalue weighted by Gasteiger charge is 2.22. The van der Waals surface area contributed by atoms with Crippen LogP contribution in [-0.4, -0.2) is 25.5 Å². The van der Waals surface area contributed by atoms with Crippen LogP contribution in [0.5, 0.6) is 11.5 Å². The van der Waals surface area contributed by atoms with Gasteiger partial charge in [-0.2, -0.15) is 0 Å². The molecule has 7 heteroatoms. The van der Waals surface area contributed by atoms with Crippen LogP contribution in [-0.2, 0) is 4.79 Å². The Labute approximate surface area is 197 Å². The molecule has 0 saturated carbocycles. The molecule has 0 atom stereocenters. The molecule has 0 aliphatic rings. The van der Waals surface area contributed by atoms with Gasteiger partial charge in [-0.3, -0.25) is 9.59 Å². The van der Waals surface area contributed by atoms with Crippen molar-refractivity contribution in [2.24, 2.45) is 0 Å². The molecule has 0 unspecified atom stereocenters. The van der Waals surface area contributed by atoms with Gasteiger partial charge in [0.15, 0.2) is 6.61 Å². The van der Waals surface area contributed by atoms with E-state index in [1.54, 1.807) is 49.6 Å². The van der Waals surface area contributed by atoms with Gasteiger partial charge in [0.2, 0.25) is 5.76 Å². The second kappa shape index (κ2) is 10.1. The number of hydrogen-bond donors (Lipinski definition) is 2. The number of carbonyl (C=O) groups excluding carboxylic acids is 2. The number of fused-ring (bicyclic) bond motifs is 1. The molecule has 0 spiro atoms. The summed E-state index contributed by atoms with van der Waals surface area (Å²) in [6.45, 7) is 4.01. The standard InChI is InChI=1S/C27H26N2O5/c1-17(2)18-11-13-20(14-12-18)33-16-24(30)29-25-22-9-4-5-10-23(22)34-26(25)27(31)28-19-7-6-8-21(15-19)32-3/h4-15,17H,16H2,1-3H3,(H,28,31)(H,29,30). The molecular formula is C27H26N2O5. The lowest BCUT2D eigenvalue weighted by molar-refractivity contribution is -0.118. The molecule has 34 heavy (non-hydrogen) atoms. The number of hydrogen-bond acceptors (Lipinski definition) is 5. The normalized spacial score (nSPS) is 10.8. The summed E-state index contributed by atoms with van der Waals surface area (Å²) in [6.07, 6.45) is 0. The Balaban J connectivity index is 1.51. The quantitative estimate of drug-likeness (QED) is 0.346. The van der Waals surface area contributed by atoms with Gasteiger partial charge in [-0.15, -0.1) is 0 Å². The Hall–Kier alpha value is -4.26. The molecule has 0 radical (unpaired) electrons. The second-order valence-electron chi connectivity index (χ2n) is 8.05. The number of anilines is 2. The number of benzene rings is 3. The summed E-state index contributed by atoms with van der Waals surface area (Å²) in [4.78, 5) is 25.7. The van der Waals surface area contributed by atoms with E-state index >= 15 is 0 Å². The molecule has 1 heterocycles. The van der Waals surface area contributed by atoms with E-state index in [-0.39, 0.29) is 12.4 Å². The van der Waals surface area contributed by atoms with Gasteiger partial charge < -0.3 is 24.5 Å². The van der Waals surface area contributed by atoms with Crippen molar-refractivity contribution in [3.63, 3.8) is 0 Å². The summed E-state index contributed by atoms with van der Waals surface area (Å²) in [5, 5.41) is 6.18. The molecule has 3 aromatic carbocycles. The average molecular weight is 459 g/mol. The maximum atomic E-state index is 13.0. The SMILES string of the molecule is COc1cccc(NC(=O)c2oc3ccccc3c2NC(=O)COc2ccc(C(C)C)cc2)c1. The van der Waals surface area contributed by atoms with Crippen LogP contribution >= 0.6 is 0 Å². The Bertz CT molecular complexity index is 1310. The van der Waals surface area contributed by atoms with E-state index in [1.165, 1.54) is 5.56 Å². The van der Waals surface area contributed by atoms with Gasteiger partial charge in [0.25, 0.3) is 11.8 Å². The van der Waals surface area contributed by atoms with Crippen LogP contribution in [0.1, 0.15) is 35.9 Å². The smallest absolute Gasteiger partial charge is 0.293 e. The van der Waals surface area contributed by atoms with Gasteiger partial charge in [0, 0.05) is 17.1 Å². The average Bonchev–Trinajstić information content (AvgIpc) is 3.21. The van der Waals surface area contributed by atoms with Gasteiger partial charge in [0.05, 0.1) is 7.11 Å². The molecule has 0 aliphatic heterocycles. The highest BCUT2D eigenvalue weighted by atomic mass is 16.5. The number of furan rings is 1. The molecule has 174 valence electrons. The maximum absolute atomic E-state index is 13.0. The zero-order chi connectivity index (χ0) is 24.1. The highest BCUT2D eigenvalue weighted by molar-refractivity contribution is 6.14. The summed E-state index contributed by atoms with van der Waals surface area (Å²) in [6, 6.07) is 21.7. The van der Waals surface area contributed by atoms with Crippen LogP contribution < -0.4 is 20.1 Å². The first-order valence-corrected chi connectivity index (χ1v) is 10.9. The lowest BCUT2D eigenvalue weighted by Crippen LogP contribution is -2.22. The molecule has 4 rings (SSSR count). The largest absolute Gasteiger partial charge is 0.497 e. The van der Waals surface area contributed by atoms with Crippen LogP contribution in [0.2, 0.25) is 0 Å². The molecule has 0 bridgehead atoms. The van der Waals surface area contributed by atoms with Gasteiger partial charge in [-0.25, -0.2) is 0 Å². The molecule has 7 nitrogen and oxygen atoms in total. The third kappa shape index (κ3) is 5.20. The first-order chi connectivity index (χ1) is 16.4. The fraction of sp³-hybridized carbons (Fsp3) is 0.185. The minimum Gasteiger partial charge on any atom is -0.497 e. The van der Waals surface area contributed by atoms with Gasteiger partial charge in [-0.1, -0.05) is 44.2 Å². The van der Waals surface area contributed by atoms with Gasteiger partial charge in [-0.05, 0) is 47.9 Å². The molecule has 2 amide bonds. The minimum atomic E-state index is -0.495. The number of ether oxygens (including phenoxy) is 2. The van der Waals surface area contributed by atoms with E-state index in [0.29, 0.717) is 39.8 Å². The van der Waals surface area contributed by atoms with Crippen molar-refractivity contribution in [2.45, 2.75) is 19.8 Å². The van der Waals surface area contributed by atoms with Gasteiger partial charge >= 0.3 is 0 Å². The summed E-state index contributed by atoms with van der Waals surface area (Å²) in [7, 11) is 1.55. The molecule has 0 saturated heterocycles. The fourth-order valence-corrected chi connectivity index (χ4v) is 3.49. The van der Waals surface area contributed by atoms with E-state index in [1.807, 2.05) is 30.3 Å². The predicted octanol–water partition coefficient (Wildman–Crippen LogP) is 5.83. The van der Waals surface area contributed by atoms with Crippen molar-refractivity contribution in [2.75, 3.05) is 24.4 Å². The predicted molar refractivity (Wildman–Crippen MR) is 132 cm³/mol. The van der Waals surface area contributed by atoms with Crippen molar-refractivity contribution in [1.29, 1.82) is 0 Å². The van der Waals surface area contributed by atoms with Crippen molar-refractivity contribution in [1.82, 2.24) is 0 Å². The highest BCUT2D eigenvalue weighted by Crippen LogP contribution is 2.32. The summed E-state index contributed by atoms with van der Waals surface area (Å²) in [5.41, 5.74) is 2.50. The molecule has 0 fully saturated rings. The van der Waals surface area contributed by atoms with Gasteiger partial charge in [0.1, 0.15) is 22.8 Å². The number of nitrogens with one attached hydrogen (secondary N) is 2.